The van der Waals surface area contributed by atoms with Crippen molar-refractivity contribution in [2.24, 2.45) is 0 Å². The minimum Gasteiger partial charge on any atom is -0.354 e. The maximum atomic E-state index is 12.6. The zero-order valence-corrected chi connectivity index (χ0v) is 10.6. The summed E-state index contributed by atoms with van der Waals surface area (Å²) in [6, 6.07) is 12.3. The molecule has 0 aliphatic rings. The smallest absolute Gasteiger partial charge is 0.354 e. The van der Waals surface area contributed by atoms with Crippen LogP contribution < -0.4 is 4.90 Å². The van der Waals surface area contributed by atoms with Crippen LogP contribution in [0.15, 0.2) is 48.5 Å². The Morgan fingerprint density at radius 3 is 2.25 bits per heavy atom. The SMILES string of the molecule is [C-]#[N+]c1cc(C(F)(F)F)ccc1N(C)c1ccccc1. The molecule has 0 unspecified atom stereocenters. The van der Waals surface area contributed by atoms with E-state index in [9.17, 15) is 13.2 Å². The lowest BCUT2D eigenvalue weighted by molar-refractivity contribution is -0.137. The molecule has 0 amide bonds. The highest BCUT2D eigenvalue weighted by atomic mass is 19.4. The van der Waals surface area contributed by atoms with Gasteiger partial charge in [-0.05, 0) is 24.3 Å². The van der Waals surface area contributed by atoms with Crippen molar-refractivity contribution in [1.29, 1.82) is 0 Å². The van der Waals surface area contributed by atoms with Crippen molar-refractivity contribution >= 4 is 17.1 Å². The van der Waals surface area contributed by atoms with E-state index in [1.165, 1.54) is 6.07 Å². The highest BCUT2D eigenvalue weighted by Gasteiger charge is 2.31. The van der Waals surface area contributed by atoms with Crippen molar-refractivity contribution in [3.63, 3.8) is 0 Å². The van der Waals surface area contributed by atoms with Crippen LogP contribution in [0.1, 0.15) is 5.56 Å². The van der Waals surface area contributed by atoms with Crippen molar-refractivity contribution in [3.8, 4) is 0 Å². The first-order valence-corrected chi connectivity index (χ1v) is 5.81. The van der Waals surface area contributed by atoms with E-state index in [-0.39, 0.29) is 5.69 Å². The normalized spacial score (nSPS) is 10.9. The molecule has 0 heterocycles. The molecule has 2 aromatic rings. The molecule has 20 heavy (non-hydrogen) atoms. The first-order chi connectivity index (χ1) is 9.43. The number of anilines is 2. The summed E-state index contributed by atoms with van der Waals surface area (Å²) >= 11 is 0. The second kappa shape index (κ2) is 5.25. The third-order valence-electron chi connectivity index (χ3n) is 2.93. The summed E-state index contributed by atoms with van der Waals surface area (Å²) in [7, 11) is 1.71. The van der Waals surface area contributed by atoms with E-state index in [4.69, 9.17) is 6.57 Å². The van der Waals surface area contributed by atoms with Crippen molar-refractivity contribution in [2.75, 3.05) is 11.9 Å². The van der Waals surface area contributed by atoms with Crippen molar-refractivity contribution in [2.45, 2.75) is 6.18 Å². The third kappa shape index (κ3) is 2.75. The molecular formula is C15H11F3N2. The van der Waals surface area contributed by atoms with Crippen LogP contribution in [0.2, 0.25) is 0 Å². The van der Waals surface area contributed by atoms with Crippen LogP contribution in [0.4, 0.5) is 30.2 Å². The Morgan fingerprint density at radius 1 is 1.05 bits per heavy atom. The second-order valence-corrected chi connectivity index (χ2v) is 4.21. The minimum absolute atomic E-state index is 0.0221. The molecule has 0 aliphatic carbocycles. The van der Waals surface area contributed by atoms with E-state index in [2.05, 4.69) is 4.85 Å². The first-order valence-electron chi connectivity index (χ1n) is 5.81. The van der Waals surface area contributed by atoms with Gasteiger partial charge in [-0.2, -0.15) is 13.2 Å². The topological polar surface area (TPSA) is 7.60 Å². The van der Waals surface area contributed by atoms with E-state index in [1.807, 2.05) is 30.3 Å². The quantitative estimate of drug-likeness (QED) is 0.698. The Labute approximate surface area is 114 Å². The monoisotopic (exact) mass is 276 g/mol. The summed E-state index contributed by atoms with van der Waals surface area (Å²) in [4.78, 5) is 4.89. The van der Waals surface area contributed by atoms with Crippen LogP contribution in [0.5, 0.6) is 0 Å². The molecule has 0 N–H and O–H groups in total. The number of benzene rings is 2. The standard InChI is InChI=1S/C15H11F3N2/c1-19-13-10-11(15(16,17)18)8-9-14(13)20(2)12-6-4-3-5-7-12/h3-10H,2H3. The largest absolute Gasteiger partial charge is 0.415 e. The Morgan fingerprint density at radius 2 is 1.70 bits per heavy atom. The number of alkyl halides is 3. The minimum atomic E-state index is -4.44. The average Bonchev–Trinajstić information content (AvgIpc) is 2.45. The number of hydrogen-bond donors (Lipinski definition) is 0. The Balaban J connectivity index is 2.46. The highest BCUT2D eigenvalue weighted by Crippen LogP contribution is 2.38. The molecule has 0 saturated carbocycles. The van der Waals surface area contributed by atoms with Crippen LogP contribution in [0.3, 0.4) is 0 Å². The molecule has 0 aliphatic heterocycles. The fraction of sp³-hybridized carbons (Fsp3) is 0.133. The van der Waals surface area contributed by atoms with E-state index < -0.39 is 11.7 Å². The molecule has 0 radical (unpaired) electrons. The predicted molar refractivity (Wildman–Crippen MR) is 72.2 cm³/mol. The van der Waals surface area contributed by atoms with Gasteiger partial charge in [-0.3, -0.25) is 0 Å². The van der Waals surface area contributed by atoms with Gasteiger partial charge in [-0.1, -0.05) is 24.3 Å². The summed E-state index contributed by atoms with van der Waals surface area (Å²) in [6.07, 6.45) is -4.44. The number of nitrogens with zero attached hydrogens (tertiary/aromatic N) is 2. The van der Waals surface area contributed by atoms with Gasteiger partial charge in [0.15, 0.2) is 0 Å². The zero-order valence-electron chi connectivity index (χ0n) is 10.6. The lowest BCUT2D eigenvalue weighted by Crippen LogP contribution is -2.11. The summed E-state index contributed by atoms with van der Waals surface area (Å²) in [6.45, 7) is 7.07. The third-order valence-corrected chi connectivity index (χ3v) is 2.93. The van der Waals surface area contributed by atoms with Gasteiger partial charge < -0.3 is 4.90 Å². The van der Waals surface area contributed by atoms with Gasteiger partial charge in [-0.15, -0.1) is 0 Å². The molecule has 102 valence electrons. The summed E-state index contributed by atoms with van der Waals surface area (Å²) < 4.78 is 37.9. The molecule has 2 rings (SSSR count). The Hall–Kier alpha value is -2.48. The number of para-hydroxylation sites is 1. The van der Waals surface area contributed by atoms with Crippen LogP contribution in [0, 0.1) is 6.57 Å². The van der Waals surface area contributed by atoms with Crippen LogP contribution in [-0.4, -0.2) is 7.05 Å². The van der Waals surface area contributed by atoms with Crippen LogP contribution in [0.25, 0.3) is 4.85 Å². The molecule has 0 bridgehead atoms. The maximum absolute atomic E-state index is 12.6. The maximum Gasteiger partial charge on any atom is 0.415 e. The van der Waals surface area contributed by atoms with Gasteiger partial charge in [0, 0.05) is 24.0 Å². The van der Waals surface area contributed by atoms with E-state index in [0.29, 0.717) is 5.69 Å². The Bertz CT molecular complexity index is 642. The van der Waals surface area contributed by atoms with Gasteiger partial charge in [0.1, 0.15) is 0 Å². The average molecular weight is 276 g/mol. The number of halogens is 3. The van der Waals surface area contributed by atoms with Gasteiger partial charge in [0.05, 0.1) is 6.57 Å². The summed E-state index contributed by atoms with van der Waals surface area (Å²) in [5, 5.41) is 0. The van der Waals surface area contributed by atoms with Crippen molar-refractivity contribution in [3.05, 3.63) is 65.5 Å². The van der Waals surface area contributed by atoms with Crippen molar-refractivity contribution in [1.82, 2.24) is 0 Å². The van der Waals surface area contributed by atoms with Crippen LogP contribution >= 0.6 is 0 Å². The zero-order chi connectivity index (χ0) is 14.8. The number of hydrogen-bond acceptors (Lipinski definition) is 1. The summed E-state index contributed by atoms with van der Waals surface area (Å²) in [5.41, 5.74) is 0.413. The molecular weight excluding hydrogens is 265 g/mol. The lowest BCUT2D eigenvalue weighted by Gasteiger charge is -2.21. The molecule has 0 spiro atoms. The lowest BCUT2D eigenvalue weighted by atomic mass is 10.1. The van der Waals surface area contributed by atoms with Gasteiger partial charge in [0.2, 0.25) is 5.69 Å². The van der Waals surface area contributed by atoms with Gasteiger partial charge in [-0.25, -0.2) is 4.85 Å². The molecule has 5 heteroatoms. The molecule has 0 saturated heterocycles. The van der Waals surface area contributed by atoms with Crippen LogP contribution in [-0.2, 0) is 6.18 Å². The van der Waals surface area contributed by atoms with Crippen molar-refractivity contribution < 1.29 is 13.2 Å². The molecule has 0 atom stereocenters. The van der Waals surface area contributed by atoms with E-state index in [0.717, 1.165) is 17.8 Å². The highest BCUT2D eigenvalue weighted by molar-refractivity contribution is 5.77. The number of rotatable bonds is 2. The molecule has 0 fully saturated rings. The van der Waals surface area contributed by atoms with Gasteiger partial charge >= 0.3 is 6.18 Å². The molecule has 0 aromatic heterocycles. The first kappa shape index (κ1) is 13.9. The molecule has 2 nitrogen and oxygen atoms in total. The summed E-state index contributed by atoms with van der Waals surface area (Å²) in [5.74, 6) is 0. The van der Waals surface area contributed by atoms with Gasteiger partial charge in [0.25, 0.3) is 0 Å². The predicted octanol–water partition coefficient (Wildman–Crippen LogP) is 5.02. The second-order valence-electron chi connectivity index (χ2n) is 4.21. The molecule has 2 aromatic carbocycles. The van der Waals surface area contributed by atoms with E-state index >= 15 is 0 Å². The Kier molecular flexibility index (Phi) is 3.66. The van der Waals surface area contributed by atoms with E-state index in [1.54, 1.807) is 11.9 Å². The fourth-order valence-electron chi connectivity index (χ4n) is 1.86. The fourth-order valence-corrected chi connectivity index (χ4v) is 1.86.